The van der Waals surface area contributed by atoms with Crippen LogP contribution in [0.1, 0.15) is 6.42 Å². The molecule has 0 bridgehead atoms. The number of fused-ring (bicyclic) bond motifs is 1. The molecule has 0 aliphatic carbocycles. The normalized spacial score (nSPS) is 17.3. The number of hydrogen-bond donors (Lipinski definition) is 1. The van der Waals surface area contributed by atoms with Crippen LogP contribution in [-0.2, 0) is 9.59 Å². The van der Waals surface area contributed by atoms with Gasteiger partial charge in [-0.15, -0.1) is 0 Å². The highest BCUT2D eigenvalue weighted by Crippen LogP contribution is 2.27. The molecule has 4 rings (SSSR count). The van der Waals surface area contributed by atoms with Gasteiger partial charge in [0.25, 0.3) is 5.91 Å². The van der Waals surface area contributed by atoms with Gasteiger partial charge in [0.1, 0.15) is 6.04 Å². The van der Waals surface area contributed by atoms with Crippen LogP contribution in [0.25, 0.3) is 10.8 Å². The lowest BCUT2D eigenvalue weighted by atomic mass is 10.1. The van der Waals surface area contributed by atoms with Crippen molar-refractivity contribution < 1.29 is 9.59 Å². The van der Waals surface area contributed by atoms with Crippen LogP contribution in [0.2, 0.25) is 5.02 Å². The smallest absolute Gasteiger partial charge is 0.256 e. The molecule has 124 valence electrons. The second kappa shape index (κ2) is 6.22. The Morgan fingerprint density at radius 3 is 2.40 bits per heavy atom. The number of benzene rings is 3. The number of anilines is 2. The van der Waals surface area contributed by atoms with Crippen LogP contribution in [-0.4, -0.2) is 17.9 Å². The third-order valence-corrected chi connectivity index (χ3v) is 4.57. The van der Waals surface area contributed by atoms with Crippen molar-refractivity contribution in [2.45, 2.75) is 12.5 Å². The minimum absolute atomic E-state index is 0.133. The molecule has 1 aliphatic rings. The quantitative estimate of drug-likeness (QED) is 0.719. The lowest BCUT2D eigenvalue weighted by Gasteiger charge is -2.16. The number of halogens is 1. The summed E-state index contributed by atoms with van der Waals surface area (Å²) in [7, 11) is 0. The van der Waals surface area contributed by atoms with E-state index in [1.807, 2.05) is 42.5 Å². The van der Waals surface area contributed by atoms with Crippen molar-refractivity contribution in [2.24, 2.45) is 0 Å². The number of nitrogens with zero attached hydrogens (tertiary/aromatic N) is 1. The monoisotopic (exact) mass is 350 g/mol. The molecule has 1 atom stereocenters. The van der Waals surface area contributed by atoms with E-state index in [0.29, 0.717) is 10.7 Å². The Morgan fingerprint density at radius 2 is 1.64 bits per heavy atom. The molecule has 1 heterocycles. The lowest BCUT2D eigenvalue weighted by molar-refractivity contribution is -0.121. The van der Waals surface area contributed by atoms with Gasteiger partial charge in [0, 0.05) is 10.7 Å². The Morgan fingerprint density at radius 1 is 0.920 bits per heavy atom. The number of amides is 2. The van der Waals surface area contributed by atoms with Gasteiger partial charge in [0.15, 0.2) is 0 Å². The molecule has 0 spiro atoms. The number of hydrogen-bond acceptors (Lipinski definition) is 3. The molecule has 2 amide bonds. The van der Waals surface area contributed by atoms with Crippen LogP contribution in [0.5, 0.6) is 0 Å². The van der Waals surface area contributed by atoms with E-state index in [1.54, 1.807) is 24.3 Å². The Balaban J connectivity index is 1.57. The van der Waals surface area contributed by atoms with E-state index in [-0.39, 0.29) is 18.2 Å². The van der Waals surface area contributed by atoms with E-state index in [2.05, 4.69) is 5.32 Å². The van der Waals surface area contributed by atoms with Crippen molar-refractivity contribution in [3.63, 3.8) is 0 Å². The summed E-state index contributed by atoms with van der Waals surface area (Å²) in [5, 5.41) is 5.96. The lowest BCUT2D eigenvalue weighted by Crippen LogP contribution is -2.34. The first-order chi connectivity index (χ1) is 12.1. The Labute approximate surface area is 150 Å². The second-order valence-corrected chi connectivity index (χ2v) is 6.44. The van der Waals surface area contributed by atoms with Gasteiger partial charge in [-0.1, -0.05) is 41.9 Å². The molecule has 0 saturated carbocycles. The van der Waals surface area contributed by atoms with Crippen molar-refractivity contribution in [3.8, 4) is 0 Å². The van der Waals surface area contributed by atoms with E-state index < -0.39 is 6.04 Å². The molecule has 1 aliphatic heterocycles. The maximum atomic E-state index is 12.7. The predicted molar refractivity (Wildman–Crippen MR) is 99.9 cm³/mol. The maximum absolute atomic E-state index is 12.7. The Kier molecular flexibility index (Phi) is 3.90. The van der Waals surface area contributed by atoms with Crippen molar-refractivity contribution in [1.29, 1.82) is 0 Å². The predicted octanol–water partition coefficient (Wildman–Crippen LogP) is 4.24. The maximum Gasteiger partial charge on any atom is 0.256 e. The van der Waals surface area contributed by atoms with Gasteiger partial charge in [-0.3, -0.25) is 9.59 Å². The molecule has 25 heavy (non-hydrogen) atoms. The summed E-state index contributed by atoms with van der Waals surface area (Å²) in [5.74, 6) is -0.467. The molecular formula is C20H15ClN2O2. The number of carbonyl (C=O) groups is 2. The van der Waals surface area contributed by atoms with E-state index in [1.165, 1.54) is 4.90 Å². The van der Waals surface area contributed by atoms with E-state index in [0.717, 1.165) is 16.5 Å². The first-order valence-electron chi connectivity index (χ1n) is 7.99. The van der Waals surface area contributed by atoms with Gasteiger partial charge in [-0.2, -0.15) is 0 Å². The summed E-state index contributed by atoms with van der Waals surface area (Å²) in [6, 6.07) is 20.0. The van der Waals surface area contributed by atoms with Crippen molar-refractivity contribution >= 4 is 45.6 Å². The molecule has 1 N–H and O–H groups in total. The van der Waals surface area contributed by atoms with Gasteiger partial charge in [-0.25, -0.2) is 4.90 Å². The Bertz CT molecular complexity index is 969. The first kappa shape index (κ1) is 15.7. The number of carbonyl (C=O) groups excluding carboxylic acids is 2. The Hall–Kier alpha value is -2.85. The van der Waals surface area contributed by atoms with Crippen LogP contribution in [0.3, 0.4) is 0 Å². The van der Waals surface area contributed by atoms with Crippen LogP contribution >= 0.6 is 11.6 Å². The van der Waals surface area contributed by atoms with E-state index >= 15 is 0 Å². The first-order valence-corrected chi connectivity index (χ1v) is 8.37. The van der Waals surface area contributed by atoms with Crippen molar-refractivity contribution in [1.82, 2.24) is 0 Å². The average Bonchev–Trinajstić information content (AvgIpc) is 2.89. The molecule has 0 radical (unpaired) electrons. The fraction of sp³-hybridized carbons (Fsp3) is 0.100. The van der Waals surface area contributed by atoms with Crippen LogP contribution in [0, 0.1) is 0 Å². The summed E-state index contributed by atoms with van der Waals surface area (Å²) in [6.45, 7) is 0. The van der Waals surface area contributed by atoms with Crippen LogP contribution in [0.15, 0.2) is 66.7 Å². The molecular weight excluding hydrogens is 336 g/mol. The summed E-state index contributed by atoms with van der Waals surface area (Å²) in [5.41, 5.74) is 1.37. The molecule has 0 unspecified atom stereocenters. The van der Waals surface area contributed by atoms with Crippen LogP contribution in [0.4, 0.5) is 11.4 Å². The largest absolute Gasteiger partial charge is 0.373 e. The molecule has 0 aromatic heterocycles. The standard InChI is InChI=1S/C20H15ClN2O2/c21-15-6-9-17(10-7-15)23-19(24)12-18(20(23)25)22-16-8-5-13-3-1-2-4-14(13)11-16/h1-11,18,22H,12H2/t18-/m0/s1. The fourth-order valence-electron chi connectivity index (χ4n) is 3.09. The summed E-state index contributed by atoms with van der Waals surface area (Å²) in [6.07, 6.45) is 0.133. The number of nitrogens with one attached hydrogen (secondary N) is 1. The summed E-state index contributed by atoms with van der Waals surface area (Å²) in [4.78, 5) is 26.2. The van der Waals surface area contributed by atoms with E-state index in [9.17, 15) is 9.59 Å². The van der Waals surface area contributed by atoms with Gasteiger partial charge in [0.05, 0.1) is 12.1 Å². The van der Waals surface area contributed by atoms with Crippen LogP contribution < -0.4 is 10.2 Å². The highest BCUT2D eigenvalue weighted by molar-refractivity contribution is 6.31. The topological polar surface area (TPSA) is 49.4 Å². The van der Waals surface area contributed by atoms with Crippen molar-refractivity contribution in [2.75, 3.05) is 10.2 Å². The third kappa shape index (κ3) is 2.96. The number of rotatable bonds is 3. The molecule has 1 fully saturated rings. The minimum atomic E-state index is -0.565. The highest BCUT2D eigenvalue weighted by atomic mass is 35.5. The SMILES string of the molecule is O=C1C[C@H](Nc2ccc3ccccc3c2)C(=O)N1c1ccc(Cl)cc1. The fourth-order valence-corrected chi connectivity index (χ4v) is 3.21. The third-order valence-electron chi connectivity index (χ3n) is 4.32. The molecule has 4 nitrogen and oxygen atoms in total. The number of imide groups is 1. The molecule has 1 saturated heterocycles. The molecule has 3 aromatic rings. The second-order valence-electron chi connectivity index (χ2n) is 6.01. The minimum Gasteiger partial charge on any atom is -0.373 e. The summed E-state index contributed by atoms with van der Waals surface area (Å²) < 4.78 is 0. The zero-order valence-corrected chi connectivity index (χ0v) is 14.0. The van der Waals surface area contributed by atoms with Gasteiger partial charge in [0.2, 0.25) is 5.91 Å². The molecule has 5 heteroatoms. The zero-order chi connectivity index (χ0) is 17.4. The summed E-state index contributed by atoms with van der Waals surface area (Å²) >= 11 is 5.87. The van der Waals surface area contributed by atoms with Gasteiger partial charge in [-0.05, 0) is 47.2 Å². The van der Waals surface area contributed by atoms with Gasteiger partial charge < -0.3 is 5.32 Å². The van der Waals surface area contributed by atoms with Crippen molar-refractivity contribution in [3.05, 3.63) is 71.8 Å². The average molecular weight is 351 g/mol. The molecule has 3 aromatic carbocycles. The zero-order valence-electron chi connectivity index (χ0n) is 13.3. The van der Waals surface area contributed by atoms with E-state index in [4.69, 9.17) is 11.6 Å². The highest BCUT2D eigenvalue weighted by Gasteiger charge is 2.39. The van der Waals surface area contributed by atoms with Gasteiger partial charge >= 0.3 is 0 Å².